The van der Waals surface area contributed by atoms with Crippen LogP contribution in [0.2, 0.25) is 0 Å². The normalized spacial score (nSPS) is 13.2. The molecule has 0 aromatic heterocycles. The molecule has 4 nitrogen and oxygen atoms in total. The number of aliphatic hydroxyl groups is 1. The Morgan fingerprint density at radius 3 is 2.57 bits per heavy atom. The first kappa shape index (κ1) is 17.0. The fourth-order valence-corrected chi connectivity index (χ4v) is 2.33. The number of aliphatic hydroxyl groups excluding tert-OH is 1. The van der Waals surface area contributed by atoms with Gasteiger partial charge in [0.05, 0.1) is 6.10 Å². The number of anilines is 1. The molecule has 0 saturated carbocycles. The van der Waals surface area contributed by atoms with Crippen molar-refractivity contribution in [2.24, 2.45) is 0 Å². The SMILES string of the molecule is Cc1c(F)cccc1NC(=O)NC(C)CC(O)c1ccccc1. The lowest BCUT2D eigenvalue weighted by atomic mass is 10.0. The molecular formula is C18H21FN2O2. The molecule has 0 fully saturated rings. The van der Waals surface area contributed by atoms with Crippen LogP contribution in [0.1, 0.15) is 30.6 Å². The summed E-state index contributed by atoms with van der Waals surface area (Å²) in [5.74, 6) is -0.365. The van der Waals surface area contributed by atoms with Crippen LogP contribution < -0.4 is 10.6 Å². The summed E-state index contributed by atoms with van der Waals surface area (Å²) in [6, 6.07) is 13.1. The first-order valence-electron chi connectivity index (χ1n) is 7.53. The van der Waals surface area contributed by atoms with E-state index in [1.807, 2.05) is 37.3 Å². The first-order chi connectivity index (χ1) is 11.0. The molecule has 0 aliphatic carbocycles. The van der Waals surface area contributed by atoms with E-state index < -0.39 is 12.1 Å². The molecular weight excluding hydrogens is 295 g/mol. The number of benzene rings is 2. The molecule has 2 aromatic carbocycles. The van der Waals surface area contributed by atoms with Crippen molar-refractivity contribution in [3.8, 4) is 0 Å². The van der Waals surface area contributed by atoms with E-state index in [1.165, 1.54) is 6.07 Å². The summed E-state index contributed by atoms with van der Waals surface area (Å²) in [6.45, 7) is 3.41. The van der Waals surface area contributed by atoms with E-state index in [4.69, 9.17) is 0 Å². The largest absolute Gasteiger partial charge is 0.388 e. The van der Waals surface area contributed by atoms with Crippen LogP contribution in [-0.2, 0) is 0 Å². The van der Waals surface area contributed by atoms with Crippen molar-refractivity contribution in [2.45, 2.75) is 32.4 Å². The van der Waals surface area contributed by atoms with Gasteiger partial charge in [0.1, 0.15) is 5.82 Å². The quantitative estimate of drug-likeness (QED) is 0.786. The third-order valence-corrected chi connectivity index (χ3v) is 3.65. The monoisotopic (exact) mass is 316 g/mol. The zero-order valence-corrected chi connectivity index (χ0v) is 13.2. The van der Waals surface area contributed by atoms with Gasteiger partial charge in [0.25, 0.3) is 0 Å². The Balaban J connectivity index is 1.88. The van der Waals surface area contributed by atoms with Crippen LogP contribution in [0.25, 0.3) is 0 Å². The fourth-order valence-electron chi connectivity index (χ4n) is 2.33. The van der Waals surface area contributed by atoms with E-state index in [9.17, 15) is 14.3 Å². The van der Waals surface area contributed by atoms with E-state index in [-0.39, 0.29) is 11.9 Å². The van der Waals surface area contributed by atoms with Gasteiger partial charge in [-0.05, 0) is 38.0 Å². The highest BCUT2D eigenvalue weighted by molar-refractivity contribution is 5.90. The van der Waals surface area contributed by atoms with Crippen molar-refractivity contribution in [1.82, 2.24) is 5.32 Å². The van der Waals surface area contributed by atoms with Gasteiger partial charge in [0, 0.05) is 17.3 Å². The molecule has 0 radical (unpaired) electrons. The third-order valence-electron chi connectivity index (χ3n) is 3.65. The smallest absolute Gasteiger partial charge is 0.319 e. The second-order valence-electron chi connectivity index (χ2n) is 5.57. The molecule has 2 rings (SSSR count). The standard InChI is InChI=1S/C18H21FN2O2/c1-12(11-17(22)14-7-4-3-5-8-14)20-18(23)21-16-10-6-9-15(19)13(16)2/h3-10,12,17,22H,11H2,1-2H3,(H2,20,21,23). The molecule has 0 bridgehead atoms. The molecule has 3 N–H and O–H groups in total. The number of urea groups is 1. The van der Waals surface area contributed by atoms with Gasteiger partial charge in [0.15, 0.2) is 0 Å². The number of hydrogen-bond acceptors (Lipinski definition) is 2. The van der Waals surface area contributed by atoms with Crippen molar-refractivity contribution in [2.75, 3.05) is 5.32 Å². The fraction of sp³-hybridized carbons (Fsp3) is 0.278. The van der Waals surface area contributed by atoms with Crippen LogP contribution in [0.3, 0.4) is 0 Å². The van der Waals surface area contributed by atoms with Gasteiger partial charge < -0.3 is 15.7 Å². The van der Waals surface area contributed by atoms with E-state index >= 15 is 0 Å². The van der Waals surface area contributed by atoms with Crippen molar-refractivity contribution >= 4 is 11.7 Å². The molecule has 0 spiro atoms. The Morgan fingerprint density at radius 1 is 1.17 bits per heavy atom. The predicted octanol–water partition coefficient (Wildman–Crippen LogP) is 3.77. The molecule has 0 heterocycles. The maximum Gasteiger partial charge on any atom is 0.319 e. The number of amides is 2. The number of hydrogen-bond donors (Lipinski definition) is 3. The van der Waals surface area contributed by atoms with E-state index in [0.29, 0.717) is 17.7 Å². The van der Waals surface area contributed by atoms with Crippen LogP contribution in [0.5, 0.6) is 0 Å². The van der Waals surface area contributed by atoms with Gasteiger partial charge in [-0.2, -0.15) is 0 Å². The molecule has 122 valence electrons. The van der Waals surface area contributed by atoms with Crippen LogP contribution in [0, 0.1) is 12.7 Å². The molecule has 0 saturated heterocycles. The summed E-state index contributed by atoms with van der Waals surface area (Å²) in [6.07, 6.45) is -0.262. The van der Waals surface area contributed by atoms with Gasteiger partial charge in [0.2, 0.25) is 0 Å². The lowest BCUT2D eigenvalue weighted by molar-refractivity contribution is 0.155. The lowest BCUT2D eigenvalue weighted by Crippen LogP contribution is -2.37. The Morgan fingerprint density at radius 2 is 1.87 bits per heavy atom. The topological polar surface area (TPSA) is 61.4 Å². The highest BCUT2D eigenvalue weighted by Gasteiger charge is 2.15. The molecule has 2 aromatic rings. The number of carbonyl (C=O) groups excluding carboxylic acids is 1. The average molecular weight is 316 g/mol. The predicted molar refractivity (Wildman–Crippen MR) is 88.8 cm³/mol. The minimum absolute atomic E-state index is 0.237. The summed E-state index contributed by atoms with van der Waals surface area (Å²) in [7, 11) is 0. The summed E-state index contributed by atoms with van der Waals surface area (Å²) in [5.41, 5.74) is 1.63. The molecule has 2 atom stereocenters. The zero-order chi connectivity index (χ0) is 16.8. The van der Waals surface area contributed by atoms with Gasteiger partial charge >= 0.3 is 6.03 Å². The van der Waals surface area contributed by atoms with Crippen LogP contribution >= 0.6 is 0 Å². The second-order valence-corrected chi connectivity index (χ2v) is 5.57. The Kier molecular flexibility index (Phi) is 5.71. The third kappa shape index (κ3) is 4.79. The lowest BCUT2D eigenvalue weighted by Gasteiger charge is -2.19. The van der Waals surface area contributed by atoms with Crippen molar-refractivity contribution in [3.05, 3.63) is 65.5 Å². The summed E-state index contributed by atoms with van der Waals surface area (Å²) in [4.78, 5) is 12.0. The summed E-state index contributed by atoms with van der Waals surface area (Å²) >= 11 is 0. The summed E-state index contributed by atoms with van der Waals surface area (Å²) in [5, 5.41) is 15.5. The van der Waals surface area contributed by atoms with Gasteiger partial charge in [-0.15, -0.1) is 0 Å². The minimum atomic E-state index is -0.651. The van der Waals surface area contributed by atoms with E-state index in [1.54, 1.807) is 19.1 Å². The number of rotatable bonds is 5. The highest BCUT2D eigenvalue weighted by Crippen LogP contribution is 2.19. The summed E-state index contributed by atoms with van der Waals surface area (Å²) < 4.78 is 13.4. The van der Waals surface area contributed by atoms with Crippen molar-refractivity contribution < 1.29 is 14.3 Å². The molecule has 23 heavy (non-hydrogen) atoms. The molecule has 2 unspecified atom stereocenters. The van der Waals surface area contributed by atoms with E-state index in [0.717, 1.165) is 5.56 Å². The average Bonchev–Trinajstić information content (AvgIpc) is 2.52. The van der Waals surface area contributed by atoms with Crippen molar-refractivity contribution in [3.63, 3.8) is 0 Å². The number of nitrogens with one attached hydrogen (secondary N) is 2. The maximum absolute atomic E-state index is 13.4. The Bertz CT molecular complexity index is 661. The highest BCUT2D eigenvalue weighted by atomic mass is 19.1. The van der Waals surface area contributed by atoms with E-state index in [2.05, 4.69) is 10.6 Å². The van der Waals surface area contributed by atoms with Gasteiger partial charge in [-0.3, -0.25) is 0 Å². The zero-order valence-electron chi connectivity index (χ0n) is 13.2. The Labute approximate surface area is 135 Å². The van der Waals surface area contributed by atoms with Crippen LogP contribution in [-0.4, -0.2) is 17.2 Å². The van der Waals surface area contributed by atoms with Crippen LogP contribution in [0.4, 0.5) is 14.9 Å². The Hall–Kier alpha value is -2.40. The maximum atomic E-state index is 13.4. The van der Waals surface area contributed by atoms with Crippen molar-refractivity contribution in [1.29, 1.82) is 0 Å². The number of carbonyl (C=O) groups is 1. The minimum Gasteiger partial charge on any atom is -0.388 e. The van der Waals surface area contributed by atoms with Gasteiger partial charge in [-0.25, -0.2) is 9.18 Å². The van der Waals surface area contributed by atoms with Gasteiger partial charge in [-0.1, -0.05) is 36.4 Å². The first-order valence-corrected chi connectivity index (χ1v) is 7.53. The molecule has 0 aliphatic rings. The molecule has 5 heteroatoms. The number of halogens is 1. The molecule has 0 aliphatic heterocycles. The molecule has 2 amide bonds. The second kappa shape index (κ2) is 7.74. The van der Waals surface area contributed by atoms with Crippen LogP contribution in [0.15, 0.2) is 48.5 Å².